The van der Waals surface area contributed by atoms with Gasteiger partial charge in [-0.15, -0.1) is 5.10 Å². The lowest BCUT2D eigenvalue weighted by Gasteiger charge is -1.94. The van der Waals surface area contributed by atoms with E-state index in [2.05, 4.69) is 15.3 Å². The van der Waals surface area contributed by atoms with Crippen molar-refractivity contribution in [3.05, 3.63) is 42.4 Å². The lowest BCUT2D eigenvalue weighted by atomic mass is 10.2. The van der Waals surface area contributed by atoms with Crippen molar-refractivity contribution in [2.45, 2.75) is 6.92 Å². The molecule has 1 N–H and O–H groups in total. The fourth-order valence-corrected chi connectivity index (χ4v) is 1.65. The first-order valence-electron chi connectivity index (χ1n) is 5.37. The molecule has 0 aliphatic heterocycles. The Hall–Kier alpha value is -2.63. The van der Waals surface area contributed by atoms with Gasteiger partial charge in [0.15, 0.2) is 5.82 Å². The molecular formula is C12H10N4O2. The maximum atomic E-state index is 9.24. The summed E-state index contributed by atoms with van der Waals surface area (Å²) in [6.45, 7) is 1.81. The van der Waals surface area contributed by atoms with E-state index in [0.29, 0.717) is 17.5 Å². The van der Waals surface area contributed by atoms with Gasteiger partial charge >= 0.3 is 0 Å². The van der Waals surface area contributed by atoms with Crippen LogP contribution in [0.3, 0.4) is 0 Å². The summed E-state index contributed by atoms with van der Waals surface area (Å²) in [4.78, 5) is 4.36. The molecule has 0 fully saturated rings. The van der Waals surface area contributed by atoms with Crippen molar-refractivity contribution >= 4 is 0 Å². The molecule has 0 radical (unpaired) electrons. The fourth-order valence-electron chi connectivity index (χ4n) is 1.65. The quantitative estimate of drug-likeness (QED) is 0.743. The van der Waals surface area contributed by atoms with Crippen molar-refractivity contribution in [2.75, 3.05) is 0 Å². The highest BCUT2D eigenvalue weighted by Gasteiger charge is 2.13. The highest BCUT2D eigenvalue weighted by molar-refractivity contribution is 5.56. The molecule has 3 aromatic rings. The largest absolute Gasteiger partial charge is 0.508 e. The van der Waals surface area contributed by atoms with Gasteiger partial charge in [0.25, 0.3) is 0 Å². The Morgan fingerprint density at radius 1 is 1.22 bits per heavy atom. The summed E-state index contributed by atoms with van der Waals surface area (Å²) < 4.78 is 7.13. The smallest absolute Gasteiger partial charge is 0.228 e. The molecule has 0 amide bonds. The number of rotatable bonds is 2. The summed E-state index contributed by atoms with van der Waals surface area (Å²) in [7, 11) is 0. The summed E-state index contributed by atoms with van der Waals surface area (Å²) in [5, 5.41) is 16.8. The van der Waals surface area contributed by atoms with Crippen LogP contribution >= 0.6 is 0 Å². The molecule has 0 bridgehead atoms. The summed E-state index contributed by atoms with van der Waals surface area (Å²) in [5.41, 5.74) is 0.794. The van der Waals surface area contributed by atoms with Crippen molar-refractivity contribution < 1.29 is 9.52 Å². The molecule has 6 nitrogen and oxygen atoms in total. The van der Waals surface area contributed by atoms with Crippen molar-refractivity contribution in [3.63, 3.8) is 0 Å². The average Bonchev–Trinajstić information content (AvgIpc) is 2.99. The summed E-state index contributed by atoms with van der Waals surface area (Å²) in [6.07, 6.45) is 3.28. The number of phenols is 1. The predicted octanol–water partition coefficient (Wildman–Crippen LogP) is 1.94. The standard InChI is InChI=1S/C12H10N4O2/c1-8-11(16-7-6-13-15-16)14-12(18-8)9-2-4-10(17)5-3-9/h2-7,17H,1H3. The first-order valence-corrected chi connectivity index (χ1v) is 5.37. The Balaban J connectivity index is 2.05. The lowest BCUT2D eigenvalue weighted by molar-refractivity contribution is 0.475. The van der Waals surface area contributed by atoms with E-state index < -0.39 is 0 Å². The van der Waals surface area contributed by atoms with Crippen LogP contribution in [0.1, 0.15) is 5.76 Å². The highest BCUT2D eigenvalue weighted by Crippen LogP contribution is 2.24. The Labute approximate surface area is 103 Å². The number of hydrogen-bond acceptors (Lipinski definition) is 5. The van der Waals surface area contributed by atoms with E-state index in [1.54, 1.807) is 41.3 Å². The fraction of sp³-hybridized carbons (Fsp3) is 0.0833. The van der Waals surface area contributed by atoms with Gasteiger partial charge in [-0.25, -0.2) is 0 Å². The summed E-state index contributed by atoms with van der Waals surface area (Å²) in [6, 6.07) is 6.66. The van der Waals surface area contributed by atoms with Crippen LogP contribution in [0.15, 0.2) is 41.1 Å². The number of nitrogens with zero attached hydrogens (tertiary/aromatic N) is 4. The Morgan fingerprint density at radius 3 is 2.67 bits per heavy atom. The van der Waals surface area contributed by atoms with Gasteiger partial charge in [0.05, 0.1) is 12.4 Å². The molecule has 6 heteroatoms. The number of hydrogen-bond donors (Lipinski definition) is 1. The molecular weight excluding hydrogens is 232 g/mol. The average molecular weight is 242 g/mol. The Bertz CT molecular complexity index is 656. The van der Waals surface area contributed by atoms with Gasteiger partial charge in [-0.2, -0.15) is 9.67 Å². The van der Waals surface area contributed by atoms with Crippen LogP contribution in [0, 0.1) is 6.92 Å². The first-order chi connectivity index (χ1) is 8.74. The van der Waals surface area contributed by atoms with Crippen LogP contribution in [0.2, 0.25) is 0 Å². The monoisotopic (exact) mass is 242 g/mol. The van der Waals surface area contributed by atoms with Gasteiger partial charge in [-0.3, -0.25) is 0 Å². The maximum Gasteiger partial charge on any atom is 0.228 e. The third-order valence-corrected chi connectivity index (χ3v) is 2.53. The minimum absolute atomic E-state index is 0.207. The minimum atomic E-state index is 0.207. The van der Waals surface area contributed by atoms with Gasteiger partial charge in [0, 0.05) is 5.56 Å². The molecule has 0 saturated carbocycles. The van der Waals surface area contributed by atoms with Crippen LogP contribution in [0.25, 0.3) is 17.3 Å². The number of aromatic hydroxyl groups is 1. The predicted molar refractivity (Wildman–Crippen MR) is 63.3 cm³/mol. The van der Waals surface area contributed by atoms with E-state index in [0.717, 1.165) is 5.56 Å². The van der Waals surface area contributed by atoms with Crippen LogP contribution in [0.5, 0.6) is 5.75 Å². The van der Waals surface area contributed by atoms with E-state index >= 15 is 0 Å². The Morgan fingerprint density at radius 2 is 2.00 bits per heavy atom. The molecule has 0 spiro atoms. The van der Waals surface area contributed by atoms with Crippen LogP contribution < -0.4 is 0 Å². The maximum absolute atomic E-state index is 9.24. The van der Waals surface area contributed by atoms with Crippen LogP contribution in [0.4, 0.5) is 0 Å². The molecule has 18 heavy (non-hydrogen) atoms. The zero-order chi connectivity index (χ0) is 12.5. The molecule has 0 saturated heterocycles. The third-order valence-electron chi connectivity index (χ3n) is 2.53. The molecule has 2 aromatic heterocycles. The van der Waals surface area contributed by atoms with Crippen molar-refractivity contribution in [3.8, 4) is 23.0 Å². The number of oxazole rings is 1. The second kappa shape index (κ2) is 3.99. The Kier molecular flexibility index (Phi) is 2.33. The van der Waals surface area contributed by atoms with Gasteiger partial charge < -0.3 is 9.52 Å². The van der Waals surface area contributed by atoms with E-state index in [9.17, 15) is 5.11 Å². The van der Waals surface area contributed by atoms with E-state index in [-0.39, 0.29) is 5.75 Å². The van der Waals surface area contributed by atoms with Crippen molar-refractivity contribution in [2.24, 2.45) is 0 Å². The van der Waals surface area contributed by atoms with E-state index in [1.165, 1.54) is 0 Å². The molecule has 0 atom stereocenters. The zero-order valence-electron chi connectivity index (χ0n) is 9.61. The lowest BCUT2D eigenvalue weighted by Crippen LogP contribution is -1.97. The highest BCUT2D eigenvalue weighted by atomic mass is 16.4. The molecule has 0 aliphatic rings. The van der Waals surface area contributed by atoms with Gasteiger partial charge in [-0.1, -0.05) is 5.21 Å². The van der Waals surface area contributed by atoms with E-state index in [4.69, 9.17) is 4.42 Å². The number of phenolic OH excluding ortho intramolecular Hbond substituents is 1. The number of aryl methyl sites for hydroxylation is 1. The normalized spacial score (nSPS) is 10.7. The molecule has 0 unspecified atom stereocenters. The van der Waals surface area contributed by atoms with E-state index in [1.807, 2.05) is 6.92 Å². The van der Waals surface area contributed by atoms with Crippen molar-refractivity contribution in [1.29, 1.82) is 0 Å². The van der Waals surface area contributed by atoms with Gasteiger partial charge in [0.1, 0.15) is 11.5 Å². The zero-order valence-corrected chi connectivity index (χ0v) is 9.61. The summed E-state index contributed by atoms with van der Waals surface area (Å²) in [5.74, 6) is 1.95. The van der Waals surface area contributed by atoms with Crippen LogP contribution in [-0.4, -0.2) is 25.1 Å². The van der Waals surface area contributed by atoms with Gasteiger partial charge in [-0.05, 0) is 31.2 Å². The topological polar surface area (TPSA) is 77.0 Å². The number of aromatic nitrogens is 4. The second-order valence-corrected chi connectivity index (χ2v) is 3.79. The molecule has 2 heterocycles. The number of benzene rings is 1. The second-order valence-electron chi connectivity index (χ2n) is 3.79. The van der Waals surface area contributed by atoms with Crippen molar-refractivity contribution in [1.82, 2.24) is 20.0 Å². The van der Waals surface area contributed by atoms with Gasteiger partial charge in [0.2, 0.25) is 5.89 Å². The molecule has 90 valence electrons. The molecule has 0 aliphatic carbocycles. The van der Waals surface area contributed by atoms with Crippen LogP contribution in [-0.2, 0) is 0 Å². The first kappa shape index (κ1) is 10.5. The minimum Gasteiger partial charge on any atom is -0.508 e. The molecule has 3 rings (SSSR count). The molecule has 1 aromatic carbocycles. The third kappa shape index (κ3) is 1.73. The SMILES string of the molecule is Cc1oc(-c2ccc(O)cc2)nc1-n1ccnn1. The summed E-state index contributed by atoms with van der Waals surface area (Å²) >= 11 is 0.